The molecular formula is C23H32O4. The second-order valence-electron chi connectivity index (χ2n) is 10.5. The Morgan fingerprint density at radius 2 is 1.81 bits per heavy atom. The summed E-state index contributed by atoms with van der Waals surface area (Å²) in [6.45, 7) is 4.22. The fraction of sp³-hybridized carbons (Fsp3) is 0.826. The highest BCUT2D eigenvalue weighted by molar-refractivity contribution is 5.36. The molecule has 0 aliphatic heterocycles. The van der Waals surface area contributed by atoms with Crippen LogP contribution in [-0.4, -0.2) is 44.3 Å². The predicted octanol–water partition coefficient (Wildman–Crippen LogP) is 1.86. The largest absolute Gasteiger partial charge is 0.393 e. The van der Waals surface area contributed by atoms with Crippen LogP contribution in [0.25, 0.3) is 0 Å². The van der Waals surface area contributed by atoms with Crippen molar-refractivity contribution in [3.05, 3.63) is 12.2 Å². The third kappa shape index (κ3) is 2.04. The average molecular weight is 373 g/mol. The van der Waals surface area contributed by atoms with Gasteiger partial charge in [0.25, 0.3) is 0 Å². The van der Waals surface area contributed by atoms with Crippen LogP contribution in [0.3, 0.4) is 0 Å². The fourth-order valence-electron chi connectivity index (χ4n) is 8.03. The van der Waals surface area contributed by atoms with Crippen LogP contribution < -0.4 is 0 Å². The van der Waals surface area contributed by atoms with Crippen LogP contribution >= 0.6 is 0 Å². The summed E-state index contributed by atoms with van der Waals surface area (Å²) in [6, 6.07) is 0. The van der Waals surface area contributed by atoms with Gasteiger partial charge in [0.1, 0.15) is 12.2 Å². The average Bonchev–Trinajstić information content (AvgIpc) is 3.38. The first kappa shape index (κ1) is 18.2. The number of fused-ring (bicyclic) bond motifs is 7. The van der Waals surface area contributed by atoms with Gasteiger partial charge >= 0.3 is 0 Å². The molecule has 0 radical (unpaired) electrons. The number of hydrogen-bond acceptors (Lipinski definition) is 4. The Morgan fingerprint density at radius 1 is 1.07 bits per heavy atom. The van der Waals surface area contributed by atoms with Crippen molar-refractivity contribution in [2.75, 3.05) is 6.61 Å². The number of allylic oxidation sites excluding steroid dienone is 1. The molecule has 10 atom stereocenters. The fourth-order valence-corrected chi connectivity index (χ4v) is 8.03. The van der Waals surface area contributed by atoms with E-state index in [2.05, 4.69) is 31.8 Å². The van der Waals surface area contributed by atoms with E-state index in [4.69, 9.17) is 0 Å². The van der Waals surface area contributed by atoms with Crippen LogP contribution in [-0.2, 0) is 0 Å². The zero-order valence-corrected chi connectivity index (χ0v) is 16.4. The summed E-state index contributed by atoms with van der Waals surface area (Å²) >= 11 is 0. The molecule has 5 aliphatic carbocycles. The van der Waals surface area contributed by atoms with Crippen molar-refractivity contribution in [3.8, 4) is 11.8 Å². The van der Waals surface area contributed by atoms with Gasteiger partial charge in [-0.2, -0.15) is 0 Å². The molecular weight excluding hydrogens is 340 g/mol. The van der Waals surface area contributed by atoms with Crippen molar-refractivity contribution < 1.29 is 20.4 Å². The van der Waals surface area contributed by atoms with Crippen LogP contribution in [0.2, 0.25) is 0 Å². The summed E-state index contributed by atoms with van der Waals surface area (Å²) in [7, 11) is 0. The molecule has 0 aromatic carbocycles. The van der Waals surface area contributed by atoms with Crippen molar-refractivity contribution in [1.82, 2.24) is 0 Å². The maximum Gasteiger partial charge on any atom is 0.134 e. The highest BCUT2D eigenvalue weighted by Gasteiger charge is 2.76. The van der Waals surface area contributed by atoms with Gasteiger partial charge < -0.3 is 20.4 Å². The minimum absolute atomic E-state index is 0.209. The SMILES string of the molecule is C[C@]12CC[C@H]3[C@@H](C=C[C@]4(O)C[C@@H](O)CC[C@]34C)[C@@H]1[C@@H]1C[C@@H]1[C@@]2(O)C#CCO. The molecule has 148 valence electrons. The molecule has 0 bridgehead atoms. The number of aliphatic hydroxyl groups excluding tert-OH is 2. The molecule has 0 spiro atoms. The molecule has 4 heteroatoms. The van der Waals surface area contributed by atoms with Gasteiger partial charge in [-0.25, -0.2) is 0 Å². The number of rotatable bonds is 0. The zero-order valence-electron chi connectivity index (χ0n) is 16.4. The van der Waals surface area contributed by atoms with E-state index < -0.39 is 17.3 Å². The molecule has 4 fully saturated rings. The molecule has 0 aromatic heterocycles. The van der Waals surface area contributed by atoms with Gasteiger partial charge in [0.2, 0.25) is 0 Å². The molecule has 0 unspecified atom stereocenters. The minimum atomic E-state index is -0.999. The number of hydrogen-bond donors (Lipinski definition) is 4. The molecule has 0 saturated heterocycles. The van der Waals surface area contributed by atoms with Gasteiger partial charge in [0.05, 0.1) is 11.7 Å². The summed E-state index contributed by atoms with van der Waals surface area (Å²) in [6.07, 6.45) is 8.72. The van der Waals surface area contributed by atoms with Crippen LogP contribution in [0.5, 0.6) is 0 Å². The van der Waals surface area contributed by atoms with E-state index in [0.29, 0.717) is 30.1 Å². The quantitative estimate of drug-likeness (QED) is 0.387. The molecule has 4 N–H and O–H groups in total. The second kappa shape index (κ2) is 5.39. The standard InChI is InChI=1S/C23H32O4/c1-20-8-4-14(25)13-22(20,26)10-5-15-17(20)6-9-21(2)19(15)16-12-18(16)23(21,27)7-3-11-24/h5,10,14-19,24-27H,4,6,8-9,11-13H2,1-2H3/t14-,15+,16+,17-,18-,19+,20+,21-,22-,23-/m0/s1. The van der Waals surface area contributed by atoms with E-state index in [1.807, 2.05) is 6.08 Å². The Balaban J connectivity index is 1.56. The summed E-state index contributed by atoms with van der Waals surface area (Å²) < 4.78 is 0. The van der Waals surface area contributed by atoms with E-state index in [9.17, 15) is 20.4 Å². The highest BCUT2D eigenvalue weighted by Crippen LogP contribution is 2.76. The normalized spacial score (nSPS) is 60.4. The van der Waals surface area contributed by atoms with Gasteiger partial charge in [0.15, 0.2) is 0 Å². The summed E-state index contributed by atoms with van der Waals surface area (Å²) in [5, 5.41) is 42.3. The van der Waals surface area contributed by atoms with Crippen molar-refractivity contribution >= 4 is 0 Å². The summed E-state index contributed by atoms with van der Waals surface area (Å²) in [5.74, 6) is 7.64. The van der Waals surface area contributed by atoms with Crippen molar-refractivity contribution in [3.63, 3.8) is 0 Å². The molecule has 5 rings (SSSR count). The smallest absolute Gasteiger partial charge is 0.134 e. The minimum Gasteiger partial charge on any atom is -0.393 e. The van der Waals surface area contributed by atoms with Gasteiger partial charge in [-0.15, -0.1) is 0 Å². The van der Waals surface area contributed by atoms with Gasteiger partial charge in [-0.3, -0.25) is 0 Å². The van der Waals surface area contributed by atoms with E-state index in [0.717, 1.165) is 32.1 Å². The number of aliphatic hydroxyl groups is 4. The molecule has 27 heavy (non-hydrogen) atoms. The first-order valence-electron chi connectivity index (χ1n) is 10.6. The Kier molecular flexibility index (Phi) is 3.63. The Morgan fingerprint density at radius 3 is 2.56 bits per heavy atom. The van der Waals surface area contributed by atoms with Crippen LogP contribution in [0.1, 0.15) is 52.4 Å². The molecule has 0 aromatic rings. The van der Waals surface area contributed by atoms with Crippen molar-refractivity contribution in [1.29, 1.82) is 0 Å². The van der Waals surface area contributed by atoms with E-state index in [1.165, 1.54) is 0 Å². The van der Waals surface area contributed by atoms with Crippen molar-refractivity contribution in [2.45, 2.75) is 69.7 Å². The second-order valence-corrected chi connectivity index (χ2v) is 10.5. The molecule has 4 nitrogen and oxygen atoms in total. The van der Waals surface area contributed by atoms with Crippen LogP contribution in [0.4, 0.5) is 0 Å². The highest BCUT2D eigenvalue weighted by atomic mass is 16.3. The lowest BCUT2D eigenvalue weighted by Crippen LogP contribution is -2.62. The Labute approximate surface area is 161 Å². The first-order valence-corrected chi connectivity index (χ1v) is 10.6. The van der Waals surface area contributed by atoms with Gasteiger partial charge in [0, 0.05) is 23.2 Å². The van der Waals surface area contributed by atoms with E-state index >= 15 is 0 Å². The maximum absolute atomic E-state index is 11.6. The third-order valence-corrected chi connectivity index (χ3v) is 9.60. The zero-order chi connectivity index (χ0) is 19.2. The monoisotopic (exact) mass is 372 g/mol. The van der Waals surface area contributed by atoms with Gasteiger partial charge in [-0.1, -0.05) is 37.8 Å². The predicted molar refractivity (Wildman–Crippen MR) is 101 cm³/mol. The lowest BCUT2D eigenvalue weighted by atomic mass is 9.44. The van der Waals surface area contributed by atoms with Crippen LogP contribution in [0, 0.1) is 52.3 Å². The lowest BCUT2D eigenvalue weighted by Gasteiger charge is -2.62. The Bertz CT molecular complexity index is 751. The molecule has 4 saturated carbocycles. The lowest BCUT2D eigenvalue weighted by molar-refractivity contribution is -0.178. The van der Waals surface area contributed by atoms with Gasteiger partial charge in [-0.05, 0) is 55.8 Å². The van der Waals surface area contributed by atoms with Crippen LogP contribution in [0.15, 0.2) is 12.2 Å². The third-order valence-electron chi connectivity index (χ3n) is 9.60. The Hall–Kier alpha value is -0.860. The molecule has 0 heterocycles. The topological polar surface area (TPSA) is 80.9 Å². The summed E-state index contributed by atoms with van der Waals surface area (Å²) in [5.41, 5.74) is -2.39. The molecule has 5 aliphatic rings. The van der Waals surface area contributed by atoms with E-state index in [1.54, 1.807) is 0 Å². The summed E-state index contributed by atoms with van der Waals surface area (Å²) in [4.78, 5) is 0. The first-order chi connectivity index (χ1) is 12.7. The molecule has 0 amide bonds. The maximum atomic E-state index is 11.6. The van der Waals surface area contributed by atoms with Crippen molar-refractivity contribution in [2.24, 2.45) is 40.4 Å². The van der Waals surface area contributed by atoms with E-state index in [-0.39, 0.29) is 23.4 Å².